The molecule has 2 aromatic carbocycles. The molecule has 0 N–H and O–H groups in total. The van der Waals surface area contributed by atoms with Crippen molar-refractivity contribution < 1.29 is 8.78 Å². The second-order valence-electron chi connectivity index (χ2n) is 7.28. The average molecular weight is 368 g/mol. The molecule has 0 amide bonds. The van der Waals surface area contributed by atoms with E-state index in [1.165, 1.54) is 30.6 Å². The lowest BCUT2D eigenvalue weighted by molar-refractivity contribution is 0.514. The van der Waals surface area contributed by atoms with Crippen molar-refractivity contribution in [2.24, 2.45) is 5.92 Å². The van der Waals surface area contributed by atoms with E-state index in [2.05, 4.69) is 6.07 Å². The van der Waals surface area contributed by atoms with Gasteiger partial charge in [0.2, 0.25) is 0 Å². The molecule has 26 heavy (non-hydrogen) atoms. The van der Waals surface area contributed by atoms with Gasteiger partial charge in [-0.1, -0.05) is 61.6 Å². The molecule has 1 heterocycles. The maximum Gasteiger partial charge on any atom is 0.168 e. The number of thiophene rings is 1. The van der Waals surface area contributed by atoms with Crippen LogP contribution in [0.1, 0.15) is 36.1 Å². The van der Waals surface area contributed by atoms with Crippen LogP contribution in [-0.4, -0.2) is 0 Å². The van der Waals surface area contributed by atoms with Gasteiger partial charge >= 0.3 is 0 Å². The second-order valence-corrected chi connectivity index (χ2v) is 8.44. The van der Waals surface area contributed by atoms with E-state index in [-0.39, 0.29) is 0 Å². The minimum atomic E-state index is -0.767. The van der Waals surface area contributed by atoms with Crippen molar-refractivity contribution >= 4 is 11.3 Å². The zero-order valence-corrected chi connectivity index (χ0v) is 15.7. The minimum absolute atomic E-state index is 0.314. The Morgan fingerprint density at radius 2 is 1.50 bits per heavy atom. The Bertz CT molecular complexity index is 902. The first-order valence-corrected chi connectivity index (χ1v) is 10.1. The number of rotatable bonds is 4. The van der Waals surface area contributed by atoms with Crippen molar-refractivity contribution in [3.8, 4) is 21.6 Å². The lowest BCUT2D eigenvalue weighted by Gasteiger charge is -2.08. The summed E-state index contributed by atoms with van der Waals surface area (Å²) in [6.07, 6.45) is 6.30. The highest BCUT2D eigenvalue weighted by Gasteiger charge is 2.19. The summed E-state index contributed by atoms with van der Waals surface area (Å²) < 4.78 is 29.5. The van der Waals surface area contributed by atoms with Crippen molar-refractivity contribution in [2.75, 3.05) is 0 Å². The Labute approximate surface area is 157 Å². The lowest BCUT2D eigenvalue weighted by atomic mass is 10.0. The molecule has 0 radical (unpaired) electrons. The van der Waals surface area contributed by atoms with Gasteiger partial charge in [0, 0.05) is 20.9 Å². The molecule has 0 aliphatic heterocycles. The van der Waals surface area contributed by atoms with Gasteiger partial charge in [-0.3, -0.25) is 0 Å². The largest absolute Gasteiger partial charge is 0.203 e. The fraction of sp³-hybridized carbons (Fsp3) is 0.304. The first-order valence-electron chi connectivity index (χ1n) is 9.26. The second kappa shape index (κ2) is 7.32. The van der Waals surface area contributed by atoms with Gasteiger partial charge in [-0.25, -0.2) is 8.78 Å². The van der Waals surface area contributed by atoms with E-state index in [1.807, 2.05) is 37.3 Å². The molecule has 1 aliphatic rings. The average Bonchev–Trinajstić information content (AvgIpc) is 3.31. The normalized spacial score (nSPS) is 14.9. The maximum atomic E-state index is 14.8. The molecule has 134 valence electrons. The summed E-state index contributed by atoms with van der Waals surface area (Å²) in [5, 5.41) is 0. The summed E-state index contributed by atoms with van der Waals surface area (Å²) in [5.74, 6) is -0.763. The Morgan fingerprint density at radius 3 is 2.23 bits per heavy atom. The third-order valence-electron chi connectivity index (χ3n) is 5.34. The zero-order chi connectivity index (χ0) is 18.1. The molecule has 1 saturated carbocycles. The molecular weight excluding hydrogens is 346 g/mol. The highest BCUT2D eigenvalue weighted by atomic mass is 32.1. The van der Waals surface area contributed by atoms with E-state index >= 15 is 0 Å². The molecule has 0 unspecified atom stereocenters. The van der Waals surface area contributed by atoms with E-state index in [1.54, 1.807) is 23.5 Å². The third kappa shape index (κ3) is 3.45. The third-order valence-corrected chi connectivity index (χ3v) is 6.48. The number of hydrogen-bond acceptors (Lipinski definition) is 1. The zero-order valence-electron chi connectivity index (χ0n) is 14.9. The first-order chi connectivity index (χ1) is 12.6. The van der Waals surface area contributed by atoms with E-state index in [4.69, 9.17) is 0 Å². The Morgan fingerprint density at radius 1 is 0.846 bits per heavy atom. The Kier molecular flexibility index (Phi) is 4.90. The van der Waals surface area contributed by atoms with Gasteiger partial charge in [-0.2, -0.15) is 0 Å². The molecule has 1 aliphatic carbocycles. The number of benzene rings is 2. The van der Waals surface area contributed by atoms with Gasteiger partial charge in [0.15, 0.2) is 11.6 Å². The molecule has 0 bridgehead atoms. The highest BCUT2D eigenvalue weighted by molar-refractivity contribution is 7.15. The number of halogens is 2. The van der Waals surface area contributed by atoms with Crippen LogP contribution in [0.15, 0.2) is 48.5 Å². The monoisotopic (exact) mass is 368 g/mol. The van der Waals surface area contributed by atoms with Gasteiger partial charge in [0.25, 0.3) is 0 Å². The summed E-state index contributed by atoms with van der Waals surface area (Å²) in [6, 6.07) is 14.9. The standard InChI is InChI=1S/C23H22F2S/c1-15-6-8-17(9-7-15)19-11-12-20(23(25)22(19)24)21-13-10-18(26-21)14-16-4-2-3-5-16/h6-13,16H,2-5,14H2,1H3. The molecule has 0 saturated heterocycles. The molecule has 4 rings (SSSR count). The predicted molar refractivity (Wildman–Crippen MR) is 106 cm³/mol. The van der Waals surface area contributed by atoms with Crippen LogP contribution >= 0.6 is 11.3 Å². The van der Waals surface area contributed by atoms with Gasteiger partial charge in [0.1, 0.15) is 0 Å². The smallest absolute Gasteiger partial charge is 0.168 e. The summed E-state index contributed by atoms with van der Waals surface area (Å²) in [4.78, 5) is 2.08. The molecule has 0 spiro atoms. The van der Waals surface area contributed by atoms with Crippen LogP contribution in [0.3, 0.4) is 0 Å². The van der Waals surface area contributed by atoms with Crippen molar-refractivity contribution in [1.29, 1.82) is 0 Å². The number of hydrogen-bond donors (Lipinski definition) is 0. The molecule has 0 nitrogen and oxygen atoms in total. The van der Waals surface area contributed by atoms with E-state index in [9.17, 15) is 8.78 Å². The van der Waals surface area contributed by atoms with Gasteiger partial charge in [-0.05, 0) is 43.0 Å². The highest BCUT2D eigenvalue weighted by Crippen LogP contribution is 2.37. The first kappa shape index (κ1) is 17.4. The quantitative estimate of drug-likeness (QED) is 0.450. The Hall–Kier alpha value is -2.00. The molecule has 1 aromatic heterocycles. The van der Waals surface area contributed by atoms with Crippen molar-refractivity contribution in [3.63, 3.8) is 0 Å². The van der Waals surface area contributed by atoms with E-state index in [0.717, 1.165) is 22.8 Å². The van der Waals surface area contributed by atoms with Gasteiger partial charge < -0.3 is 0 Å². The summed E-state index contributed by atoms with van der Waals surface area (Å²) in [6.45, 7) is 1.98. The van der Waals surface area contributed by atoms with Crippen molar-refractivity contribution in [3.05, 3.63) is 70.6 Å². The van der Waals surface area contributed by atoms with Crippen LogP contribution in [0.2, 0.25) is 0 Å². The Balaban J connectivity index is 1.62. The SMILES string of the molecule is Cc1ccc(-c2ccc(-c3ccc(CC4CCCC4)s3)c(F)c2F)cc1. The van der Waals surface area contributed by atoms with Crippen LogP contribution in [0.25, 0.3) is 21.6 Å². The van der Waals surface area contributed by atoms with E-state index in [0.29, 0.717) is 16.7 Å². The van der Waals surface area contributed by atoms with Crippen LogP contribution < -0.4 is 0 Å². The number of aryl methyl sites for hydroxylation is 1. The van der Waals surface area contributed by atoms with Crippen LogP contribution in [0, 0.1) is 24.5 Å². The molecule has 1 fully saturated rings. The predicted octanol–water partition coefficient (Wildman–Crippen LogP) is 7.40. The minimum Gasteiger partial charge on any atom is -0.203 e. The van der Waals surface area contributed by atoms with Crippen LogP contribution in [0.4, 0.5) is 8.78 Å². The summed E-state index contributed by atoms with van der Waals surface area (Å²) >= 11 is 1.59. The fourth-order valence-corrected chi connectivity index (χ4v) is 4.97. The molecule has 3 heteroatoms. The van der Waals surface area contributed by atoms with Gasteiger partial charge in [0.05, 0.1) is 0 Å². The van der Waals surface area contributed by atoms with Gasteiger partial charge in [-0.15, -0.1) is 11.3 Å². The summed E-state index contributed by atoms with van der Waals surface area (Å²) in [5.41, 5.74) is 2.47. The molecule has 0 atom stereocenters. The van der Waals surface area contributed by atoms with E-state index < -0.39 is 11.6 Å². The molecular formula is C23H22F2S. The lowest BCUT2D eigenvalue weighted by Crippen LogP contribution is -1.95. The van der Waals surface area contributed by atoms with Crippen LogP contribution in [0.5, 0.6) is 0 Å². The van der Waals surface area contributed by atoms with Crippen molar-refractivity contribution in [2.45, 2.75) is 39.0 Å². The fourth-order valence-electron chi connectivity index (χ4n) is 3.83. The van der Waals surface area contributed by atoms with Crippen molar-refractivity contribution in [1.82, 2.24) is 0 Å². The molecule has 3 aromatic rings. The van der Waals surface area contributed by atoms with Crippen LogP contribution in [-0.2, 0) is 6.42 Å². The maximum absolute atomic E-state index is 14.8. The summed E-state index contributed by atoms with van der Waals surface area (Å²) in [7, 11) is 0. The topological polar surface area (TPSA) is 0 Å².